The molecule has 2 rings (SSSR count). The molecule has 2 fully saturated rings. The van der Waals surface area contributed by atoms with Crippen LogP contribution in [0.2, 0.25) is 0 Å². The Kier molecular flexibility index (Phi) is 4.28. The van der Waals surface area contributed by atoms with Gasteiger partial charge in [-0.05, 0) is 58.2 Å². The van der Waals surface area contributed by atoms with E-state index in [9.17, 15) is 4.79 Å². The molecule has 2 aliphatic carbocycles. The van der Waals surface area contributed by atoms with Crippen molar-refractivity contribution >= 4 is 5.91 Å². The minimum atomic E-state index is -0.442. The monoisotopic (exact) mass is 253 g/mol. The number of carbonyl (C=O) groups excluding carboxylic acids is 1. The van der Waals surface area contributed by atoms with Gasteiger partial charge in [0, 0.05) is 6.04 Å². The second-order valence-electron chi connectivity index (χ2n) is 5.82. The molecule has 3 N–H and O–H groups in total. The molecule has 4 nitrogen and oxygen atoms in total. The van der Waals surface area contributed by atoms with Crippen LogP contribution in [-0.2, 0) is 4.79 Å². The van der Waals surface area contributed by atoms with Crippen molar-refractivity contribution in [2.24, 2.45) is 11.7 Å². The summed E-state index contributed by atoms with van der Waals surface area (Å²) in [6.07, 6.45) is 6.94. The highest BCUT2D eigenvalue weighted by Crippen LogP contribution is 2.38. The van der Waals surface area contributed by atoms with Gasteiger partial charge in [0.25, 0.3) is 0 Å². The van der Waals surface area contributed by atoms with Crippen molar-refractivity contribution < 1.29 is 4.79 Å². The molecule has 104 valence electrons. The zero-order valence-corrected chi connectivity index (χ0v) is 11.7. The summed E-state index contributed by atoms with van der Waals surface area (Å²) in [5.74, 6) is 0.245. The van der Waals surface area contributed by atoms with Crippen LogP contribution in [0.4, 0.5) is 0 Å². The molecule has 0 heterocycles. The first-order chi connectivity index (χ1) is 8.64. The molecule has 0 aromatic heterocycles. The number of amides is 1. The summed E-state index contributed by atoms with van der Waals surface area (Å²) in [6, 6.07) is 0.814. The fraction of sp³-hybridized carbons (Fsp3) is 0.929. The van der Waals surface area contributed by atoms with Crippen molar-refractivity contribution in [3.63, 3.8) is 0 Å². The van der Waals surface area contributed by atoms with Gasteiger partial charge in [-0.25, -0.2) is 0 Å². The summed E-state index contributed by atoms with van der Waals surface area (Å²) in [4.78, 5) is 14.3. The molecule has 0 saturated heterocycles. The van der Waals surface area contributed by atoms with Crippen LogP contribution in [0.25, 0.3) is 0 Å². The SMILES string of the molecule is CCN(CCC1CCCC1(NC)C(N)=O)C1CC1. The lowest BCUT2D eigenvalue weighted by Gasteiger charge is -2.33. The highest BCUT2D eigenvalue weighted by Gasteiger charge is 2.46. The highest BCUT2D eigenvalue weighted by atomic mass is 16.1. The number of likely N-dealkylation sites (N-methyl/N-ethyl adjacent to an activating group) is 1. The van der Waals surface area contributed by atoms with E-state index in [4.69, 9.17) is 5.73 Å². The summed E-state index contributed by atoms with van der Waals surface area (Å²) in [7, 11) is 1.88. The van der Waals surface area contributed by atoms with Gasteiger partial charge in [0.1, 0.15) is 5.54 Å². The van der Waals surface area contributed by atoms with E-state index in [1.807, 2.05) is 7.05 Å². The molecule has 0 bridgehead atoms. The van der Waals surface area contributed by atoms with Gasteiger partial charge in [-0.1, -0.05) is 13.3 Å². The Bertz CT molecular complexity index is 303. The summed E-state index contributed by atoms with van der Waals surface area (Å²) in [5, 5.41) is 3.22. The molecule has 2 aliphatic rings. The zero-order chi connectivity index (χ0) is 13.2. The average Bonchev–Trinajstić information content (AvgIpc) is 3.10. The maximum Gasteiger partial charge on any atom is 0.238 e. The number of hydrogen-bond acceptors (Lipinski definition) is 3. The smallest absolute Gasteiger partial charge is 0.238 e. The Morgan fingerprint density at radius 2 is 2.17 bits per heavy atom. The third kappa shape index (κ3) is 2.54. The first kappa shape index (κ1) is 13.8. The molecule has 2 atom stereocenters. The highest BCUT2D eigenvalue weighted by molar-refractivity contribution is 5.85. The average molecular weight is 253 g/mol. The molecule has 18 heavy (non-hydrogen) atoms. The Morgan fingerprint density at radius 3 is 2.67 bits per heavy atom. The van der Waals surface area contributed by atoms with Gasteiger partial charge in [-0.15, -0.1) is 0 Å². The number of rotatable bonds is 7. The van der Waals surface area contributed by atoms with E-state index >= 15 is 0 Å². The third-order valence-corrected chi connectivity index (χ3v) is 4.94. The normalized spacial score (nSPS) is 32.1. The van der Waals surface area contributed by atoms with Crippen LogP contribution in [0.15, 0.2) is 0 Å². The molecule has 1 amide bonds. The fourth-order valence-corrected chi connectivity index (χ4v) is 3.61. The summed E-state index contributed by atoms with van der Waals surface area (Å²) in [5.41, 5.74) is 5.19. The van der Waals surface area contributed by atoms with Crippen molar-refractivity contribution in [1.82, 2.24) is 10.2 Å². The quantitative estimate of drug-likeness (QED) is 0.714. The van der Waals surface area contributed by atoms with Crippen molar-refractivity contribution in [3.8, 4) is 0 Å². The Hall–Kier alpha value is -0.610. The van der Waals surface area contributed by atoms with Crippen molar-refractivity contribution in [3.05, 3.63) is 0 Å². The fourth-order valence-electron chi connectivity index (χ4n) is 3.61. The molecule has 0 radical (unpaired) electrons. The van der Waals surface area contributed by atoms with E-state index in [0.717, 1.165) is 44.8 Å². The minimum Gasteiger partial charge on any atom is -0.368 e. The van der Waals surface area contributed by atoms with Crippen LogP contribution in [0.1, 0.15) is 45.4 Å². The van der Waals surface area contributed by atoms with E-state index in [2.05, 4.69) is 17.1 Å². The van der Waals surface area contributed by atoms with Gasteiger partial charge in [0.15, 0.2) is 0 Å². The van der Waals surface area contributed by atoms with Gasteiger partial charge in [-0.2, -0.15) is 0 Å². The summed E-state index contributed by atoms with van der Waals surface area (Å²) < 4.78 is 0. The molecule has 0 spiro atoms. The number of carbonyl (C=O) groups is 1. The summed E-state index contributed by atoms with van der Waals surface area (Å²) in [6.45, 7) is 4.47. The van der Waals surface area contributed by atoms with Crippen LogP contribution in [-0.4, -0.2) is 42.5 Å². The topological polar surface area (TPSA) is 58.4 Å². The molecular weight excluding hydrogens is 226 g/mol. The van der Waals surface area contributed by atoms with Crippen molar-refractivity contribution in [2.45, 2.75) is 57.0 Å². The molecule has 0 aliphatic heterocycles. The lowest BCUT2D eigenvalue weighted by atomic mass is 9.84. The first-order valence-corrected chi connectivity index (χ1v) is 7.37. The number of primary amides is 1. The van der Waals surface area contributed by atoms with Gasteiger partial charge < -0.3 is 16.0 Å². The van der Waals surface area contributed by atoms with Crippen molar-refractivity contribution in [1.29, 1.82) is 0 Å². The number of nitrogens with zero attached hydrogens (tertiary/aromatic N) is 1. The van der Waals surface area contributed by atoms with E-state index in [0.29, 0.717) is 5.92 Å². The molecular formula is C14H27N3O. The Morgan fingerprint density at radius 1 is 1.44 bits per heavy atom. The van der Waals surface area contributed by atoms with E-state index in [1.165, 1.54) is 12.8 Å². The van der Waals surface area contributed by atoms with Crippen LogP contribution < -0.4 is 11.1 Å². The molecule has 0 aromatic rings. The number of nitrogens with two attached hydrogens (primary N) is 1. The second-order valence-corrected chi connectivity index (χ2v) is 5.82. The standard InChI is InChI=1S/C14H27N3O/c1-3-17(12-6-7-12)10-8-11-5-4-9-14(11,16-2)13(15)18/h11-12,16H,3-10H2,1-2H3,(H2,15,18). The van der Waals surface area contributed by atoms with E-state index in [1.54, 1.807) is 0 Å². The number of hydrogen-bond donors (Lipinski definition) is 2. The molecule has 2 unspecified atom stereocenters. The van der Waals surface area contributed by atoms with Crippen molar-refractivity contribution in [2.75, 3.05) is 20.1 Å². The van der Waals surface area contributed by atoms with Gasteiger partial charge in [0.2, 0.25) is 5.91 Å². The largest absolute Gasteiger partial charge is 0.368 e. The van der Waals surface area contributed by atoms with Crippen LogP contribution in [0.5, 0.6) is 0 Å². The van der Waals surface area contributed by atoms with Gasteiger partial charge in [0.05, 0.1) is 0 Å². The van der Waals surface area contributed by atoms with Gasteiger partial charge >= 0.3 is 0 Å². The predicted octanol–water partition coefficient (Wildman–Crippen LogP) is 1.10. The maximum absolute atomic E-state index is 11.8. The van der Waals surface area contributed by atoms with Gasteiger partial charge in [-0.3, -0.25) is 4.79 Å². The molecule has 0 aromatic carbocycles. The third-order valence-electron chi connectivity index (χ3n) is 4.94. The second kappa shape index (κ2) is 5.57. The van der Waals surface area contributed by atoms with E-state index in [-0.39, 0.29) is 5.91 Å². The maximum atomic E-state index is 11.8. The van der Waals surface area contributed by atoms with E-state index < -0.39 is 5.54 Å². The first-order valence-electron chi connectivity index (χ1n) is 7.37. The number of nitrogens with one attached hydrogen (secondary N) is 1. The Labute approximate surface area is 110 Å². The minimum absolute atomic E-state index is 0.165. The molecule has 4 heteroatoms. The summed E-state index contributed by atoms with van der Waals surface area (Å²) >= 11 is 0. The van der Waals surface area contributed by atoms with Crippen LogP contribution in [0.3, 0.4) is 0 Å². The lowest BCUT2D eigenvalue weighted by Crippen LogP contribution is -2.56. The lowest BCUT2D eigenvalue weighted by molar-refractivity contribution is -0.125. The van der Waals surface area contributed by atoms with Crippen LogP contribution in [0, 0.1) is 5.92 Å². The Balaban J connectivity index is 1.92. The van der Waals surface area contributed by atoms with Crippen LogP contribution >= 0.6 is 0 Å². The zero-order valence-electron chi connectivity index (χ0n) is 11.7. The molecule has 2 saturated carbocycles. The predicted molar refractivity (Wildman–Crippen MR) is 73.2 cm³/mol.